The maximum absolute atomic E-state index is 11.6. The number of hydrogen-bond acceptors (Lipinski definition) is 5. The van der Waals surface area contributed by atoms with Gasteiger partial charge in [-0.05, 0) is 24.6 Å². The number of carbonyl (C=O) groups is 1. The van der Waals surface area contributed by atoms with E-state index in [1.165, 1.54) is 16.9 Å². The summed E-state index contributed by atoms with van der Waals surface area (Å²) in [5.74, 6) is -0.202. The van der Waals surface area contributed by atoms with Crippen LogP contribution in [0.2, 0.25) is 0 Å². The second-order valence-corrected chi connectivity index (χ2v) is 5.11. The minimum absolute atomic E-state index is 0.0122. The number of hydrogen-bond donors (Lipinski definition) is 1. The van der Waals surface area contributed by atoms with E-state index in [2.05, 4.69) is 16.4 Å². The summed E-state index contributed by atoms with van der Waals surface area (Å²) in [7, 11) is 1.59. The monoisotopic (exact) mass is 280 g/mol. The van der Waals surface area contributed by atoms with Crippen molar-refractivity contribution in [2.24, 2.45) is 0 Å². The summed E-state index contributed by atoms with van der Waals surface area (Å²) < 4.78 is 11.0. The maximum atomic E-state index is 11.6. The van der Waals surface area contributed by atoms with Crippen molar-refractivity contribution in [3.63, 3.8) is 0 Å². The van der Waals surface area contributed by atoms with E-state index in [4.69, 9.17) is 9.47 Å². The van der Waals surface area contributed by atoms with Crippen LogP contribution in [0.1, 0.15) is 5.56 Å². The van der Waals surface area contributed by atoms with Gasteiger partial charge >= 0.3 is 0 Å². The Balaban J connectivity index is 1.91. The fourth-order valence-corrected chi connectivity index (χ4v) is 2.53. The number of ether oxygens (including phenoxy) is 2. The molecule has 0 aliphatic rings. The number of thiazole rings is 1. The lowest BCUT2D eigenvalue weighted by Crippen LogP contribution is -2.19. The maximum Gasteiger partial charge on any atom is 0.252 e. The van der Waals surface area contributed by atoms with E-state index >= 15 is 0 Å². The fourth-order valence-electron chi connectivity index (χ4n) is 1.55. The molecule has 1 N–H and O–H groups in total. The lowest BCUT2D eigenvalue weighted by atomic mass is 10.2. The highest BCUT2D eigenvalue weighted by Crippen LogP contribution is 2.26. The van der Waals surface area contributed by atoms with E-state index in [1.54, 1.807) is 7.11 Å². The highest BCUT2D eigenvalue weighted by Gasteiger charge is 2.07. The summed E-state index contributed by atoms with van der Waals surface area (Å²) in [4.78, 5) is 16.0. The molecule has 6 heteroatoms. The molecule has 2 aromatic rings. The summed E-state index contributed by atoms with van der Waals surface area (Å²) in [6.07, 6.45) is 0. The molecule has 0 aliphatic carbocycles. The van der Waals surface area contributed by atoms with Gasteiger partial charge in [-0.2, -0.15) is 0 Å². The lowest BCUT2D eigenvalue weighted by Gasteiger charge is -2.02. The van der Waals surface area contributed by atoms with Gasteiger partial charge in [0, 0.05) is 7.11 Å². The van der Waals surface area contributed by atoms with Crippen molar-refractivity contribution in [3.05, 3.63) is 23.8 Å². The number of amides is 1. The Labute approximate surface area is 115 Å². The van der Waals surface area contributed by atoms with E-state index in [0.717, 1.165) is 10.2 Å². The first-order chi connectivity index (χ1) is 9.19. The number of anilines is 1. The SMILES string of the molecule is COCCOCC(=O)Nc1nc2ccc(C)cc2s1. The number of methoxy groups -OCH3 is 1. The summed E-state index contributed by atoms with van der Waals surface area (Å²) in [6.45, 7) is 2.93. The largest absolute Gasteiger partial charge is 0.382 e. The van der Waals surface area contributed by atoms with Crippen molar-refractivity contribution >= 4 is 32.6 Å². The van der Waals surface area contributed by atoms with E-state index < -0.39 is 0 Å². The molecule has 0 spiro atoms. The van der Waals surface area contributed by atoms with Gasteiger partial charge in [0.1, 0.15) is 6.61 Å². The molecule has 19 heavy (non-hydrogen) atoms. The summed E-state index contributed by atoms with van der Waals surface area (Å²) in [5, 5.41) is 3.33. The first-order valence-electron chi connectivity index (χ1n) is 5.93. The zero-order valence-electron chi connectivity index (χ0n) is 10.9. The van der Waals surface area contributed by atoms with Gasteiger partial charge in [0.25, 0.3) is 5.91 Å². The molecule has 5 nitrogen and oxygen atoms in total. The molecular formula is C13H16N2O3S. The van der Waals surface area contributed by atoms with Crippen molar-refractivity contribution < 1.29 is 14.3 Å². The molecule has 0 saturated heterocycles. The third kappa shape index (κ3) is 3.99. The van der Waals surface area contributed by atoms with Crippen molar-refractivity contribution in [1.29, 1.82) is 0 Å². The average molecular weight is 280 g/mol. The third-order valence-electron chi connectivity index (χ3n) is 2.46. The van der Waals surface area contributed by atoms with Crippen LogP contribution < -0.4 is 5.32 Å². The van der Waals surface area contributed by atoms with Crippen LogP contribution in [0.4, 0.5) is 5.13 Å². The summed E-state index contributed by atoms with van der Waals surface area (Å²) in [5.41, 5.74) is 2.07. The number of rotatable bonds is 6. The zero-order valence-corrected chi connectivity index (χ0v) is 11.8. The van der Waals surface area contributed by atoms with Crippen LogP contribution in [0.3, 0.4) is 0 Å². The molecule has 0 fully saturated rings. The molecule has 2 rings (SSSR count). The number of nitrogens with one attached hydrogen (secondary N) is 1. The second kappa shape index (κ2) is 6.60. The van der Waals surface area contributed by atoms with Gasteiger partial charge in [-0.25, -0.2) is 4.98 Å². The smallest absolute Gasteiger partial charge is 0.252 e. The molecule has 0 unspecified atom stereocenters. The quantitative estimate of drug-likeness (QED) is 0.824. The van der Waals surface area contributed by atoms with Crippen molar-refractivity contribution in [2.45, 2.75) is 6.92 Å². The number of nitrogens with zero attached hydrogens (tertiary/aromatic N) is 1. The Morgan fingerprint density at radius 3 is 3.05 bits per heavy atom. The predicted octanol–water partition coefficient (Wildman–Crippen LogP) is 2.21. The summed E-state index contributed by atoms with van der Waals surface area (Å²) >= 11 is 1.46. The Kier molecular flexibility index (Phi) is 4.84. The van der Waals surface area contributed by atoms with Gasteiger partial charge in [-0.1, -0.05) is 17.4 Å². The number of benzene rings is 1. The third-order valence-corrected chi connectivity index (χ3v) is 3.39. The molecule has 0 bridgehead atoms. The van der Waals surface area contributed by atoms with Crippen LogP contribution in [0.5, 0.6) is 0 Å². The molecule has 1 amide bonds. The molecular weight excluding hydrogens is 264 g/mol. The topological polar surface area (TPSA) is 60.5 Å². The van der Waals surface area contributed by atoms with Crippen LogP contribution in [0, 0.1) is 6.92 Å². The molecule has 102 valence electrons. The van der Waals surface area contributed by atoms with E-state index in [9.17, 15) is 4.79 Å². The van der Waals surface area contributed by atoms with E-state index in [0.29, 0.717) is 18.3 Å². The minimum Gasteiger partial charge on any atom is -0.382 e. The van der Waals surface area contributed by atoms with Crippen molar-refractivity contribution in [3.8, 4) is 0 Å². The number of fused-ring (bicyclic) bond motifs is 1. The van der Waals surface area contributed by atoms with Crippen molar-refractivity contribution in [1.82, 2.24) is 4.98 Å². The molecule has 0 aliphatic heterocycles. The van der Waals surface area contributed by atoms with E-state index in [1.807, 2.05) is 19.1 Å². The van der Waals surface area contributed by atoms with Crippen LogP contribution in [-0.2, 0) is 14.3 Å². The van der Waals surface area contributed by atoms with Crippen molar-refractivity contribution in [2.75, 3.05) is 32.2 Å². The van der Waals surface area contributed by atoms with E-state index in [-0.39, 0.29) is 12.5 Å². The Bertz CT molecular complexity index is 568. The Morgan fingerprint density at radius 1 is 1.42 bits per heavy atom. The predicted molar refractivity (Wildman–Crippen MR) is 75.7 cm³/mol. The highest BCUT2D eigenvalue weighted by atomic mass is 32.1. The van der Waals surface area contributed by atoms with Gasteiger partial charge in [0.05, 0.1) is 23.4 Å². The van der Waals surface area contributed by atoms with Crippen LogP contribution in [-0.4, -0.2) is 37.8 Å². The normalized spacial score (nSPS) is 10.8. The van der Waals surface area contributed by atoms with Gasteiger partial charge in [0.2, 0.25) is 0 Å². The molecule has 0 atom stereocenters. The van der Waals surface area contributed by atoms with Crippen LogP contribution >= 0.6 is 11.3 Å². The van der Waals surface area contributed by atoms with Gasteiger partial charge in [-0.3, -0.25) is 10.1 Å². The first kappa shape index (κ1) is 13.9. The van der Waals surface area contributed by atoms with Gasteiger partial charge in [-0.15, -0.1) is 0 Å². The average Bonchev–Trinajstić information content (AvgIpc) is 2.76. The molecule has 1 aromatic carbocycles. The second-order valence-electron chi connectivity index (χ2n) is 4.08. The Morgan fingerprint density at radius 2 is 2.26 bits per heavy atom. The highest BCUT2D eigenvalue weighted by molar-refractivity contribution is 7.22. The molecule has 0 saturated carbocycles. The number of aromatic nitrogens is 1. The summed E-state index contributed by atoms with van der Waals surface area (Å²) in [6, 6.07) is 6.01. The number of aryl methyl sites for hydroxylation is 1. The molecule has 1 aromatic heterocycles. The minimum atomic E-state index is -0.202. The zero-order chi connectivity index (χ0) is 13.7. The Hall–Kier alpha value is -1.50. The van der Waals surface area contributed by atoms with Gasteiger partial charge in [0.15, 0.2) is 5.13 Å². The standard InChI is InChI=1S/C13H16N2O3S/c1-9-3-4-10-11(7-9)19-13(14-10)15-12(16)8-18-6-5-17-2/h3-4,7H,5-6,8H2,1-2H3,(H,14,15,16). The lowest BCUT2D eigenvalue weighted by molar-refractivity contribution is -0.121. The fraction of sp³-hybridized carbons (Fsp3) is 0.385. The molecule has 1 heterocycles. The molecule has 0 radical (unpaired) electrons. The number of carbonyl (C=O) groups excluding carboxylic acids is 1. The van der Waals surface area contributed by atoms with Crippen LogP contribution in [0.15, 0.2) is 18.2 Å². The first-order valence-corrected chi connectivity index (χ1v) is 6.74. The van der Waals surface area contributed by atoms with Crippen LogP contribution in [0.25, 0.3) is 10.2 Å². The van der Waals surface area contributed by atoms with Gasteiger partial charge < -0.3 is 9.47 Å².